The van der Waals surface area contributed by atoms with Gasteiger partial charge in [-0.2, -0.15) is 0 Å². The Kier molecular flexibility index (Phi) is 3.69. The molecule has 0 aliphatic heterocycles. The molecule has 0 aromatic carbocycles. The fraction of sp³-hybridized carbons (Fsp3) is 0.429. The van der Waals surface area contributed by atoms with Crippen molar-refractivity contribution >= 4 is 17.2 Å². The molecule has 1 unspecified atom stereocenters. The smallest absolute Gasteiger partial charge is 0.328 e. The second kappa shape index (κ2) is 5.53. The standard InChI is InChI=1S/C14H16N4O3S/c1-7-15-11-9(4-3-5-10(11)22-7)16-12(19)8-6-18(2)14(21)17-13(8)20/h6,9H,3-5H2,1-2H3,(H,16,19)(H,17,20,21). The molecule has 0 bridgehead atoms. The van der Waals surface area contributed by atoms with Crippen LogP contribution in [-0.2, 0) is 13.5 Å². The molecule has 1 atom stereocenters. The van der Waals surface area contributed by atoms with Gasteiger partial charge in [-0.25, -0.2) is 9.78 Å². The molecule has 2 aromatic rings. The van der Waals surface area contributed by atoms with Crippen molar-refractivity contribution in [3.8, 4) is 0 Å². The van der Waals surface area contributed by atoms with Crippen LogP contribution in [0.3, 0.4) is 0 Å². The number of aromatic amines is 1. The first-order valence-corrected chi connectivity index (χ1v) is 7.84. The fourth-order valence-corrected chi connectivity index (χ4v) is 3.68. The van der Waals surface area contributed by atoms with Crippen LogP contribution in [0.5, 0.6) is 0 Å². The predicted molar refractivity (Wildman–Crippen MR) is 82.3 cm³/mol. The van der Waals surface area contributed by atoms with E-state index in [2.05, 4.69) is 15.3 Å². The number of aromatic nitrogens is 3. The Morgan fingerprint density at radius 2 is 2.27 bits per heavy atom. The summed E-state index contributed by atoms with van der Waals surface area (Å²) in [5, 5.41) is 3.84. The molecular formula is C14H16N4O3S. The van der Waals surface area contributed by atoms with E-state index in [0.29, 0.717) is 0 Å². The zero-order valence-corrected chi connectivity index (χ0v) is 13.1. The van der Waals surface area contributed by atoms with Crippen LogP contribution in [0.25, 0.3) is 0 Å². The minimum Gasteiger partial charge on any atom is -0.343 e. The molecular weight excluding hydrogens is 304 g/mol. The number of nitrogens with one attached hydrogen (secondary N) is 2. The molecule has 2 N–H and O–H groups in total. The van der Waals surface area contributed by atoms with Crippen LogP contribution in [0.1, 0.15) is 44.8 Å². The largest absolute Gasteiger partial charge is 0.343 e. The van der Waals surface area contributed by atoms with Crippen molar-refractivity contribution in [2.75, 3.05) is 0 Å². The molecule has 116 valence electrons. The van der Waals surface area contributed by atoms with Crippen LogP contribution < -0.4 is 16.6 Å². The maximum Gasteiger partial charge on any atom is 0.328 e. The number of fused-ring (bicyclic) bond motifs is 1. The summed E-state index contributed by atoms with van der Waals surface area (Å²) in [5.41, 5.74) is -0.382. The van der Waals surface area contributed by atoms with Crippen LogP contribution in [0, 0.1) is 6.92 Å². The molecule has 2 aromatic heterocycles. The minimum absolute atomic E-state index is 0.0684. The molecule has 1 amide bonds. The third-order valence-electron chi connectivity index (χ3n) is 3.72. The summed E-state index contributed by atoms with van der Waals surface area (Å²) < 4.78 is 1.18. The van der Waals surface area contributed by atoms with Gasteiger partial charge in [-0.15, -0.1) is 11.3 Å². The van der Waals surface area contributed by atoms with E-state index in [1.54, 1.807) is 11.3 Å². The first-order valence-electron chi connectivity index (χ1n) is 7.02. The second-order valence-electron chi connectivity index (χ2n) is 5.37. The lowest BCUT2D eigenvalue weighted by Crippen LogP contribution is -2.38. The van der Waals surface area contributed by atoms with Gasteiger partial charge in [0.2, 0.25) is 0 Å². The van der Waals surface area contributed by atoms with Gasteiger partial charge in [-0.3, -0.25) is 14.6 Å². The van der Waals surface area contributed by atoms with Gasteiger partial charge in [-0.1, -0.05) is 0 Å². The van der Waals surface area contributed by atoms with Crippen molar-refractivity contribution in [2.24, 2.45) is 7.05 Å². The number of nitrogens with zero attached hydrogens (tertiary/aromatic N) is 2. The van der Waals surface area contributed by atoms with Gasteiger partial charge in [0, 0.05) is 18.1 Å². The quantitative estimate of drug-likeness (QED) is 0.849. The molecule has 0 saturated carbocycles. The Morgan fingerprint density at radius 3 is 3.05 bits per heavy atom. The molecule has 22 heavy (non-hydrogen) atoms. The van der Waals surface area contributed by atoms with E-state index in [1.807, 2.05) is 6.92 Å². The molecule has 2 heterocycles. The molecule has 0 radical (unpaired) electrons. The van der Waals surface area contributed by atoms with E-state index in [-0.39, 0.29) is 11.6 Å². The van der Waals surface area contributed by atoms with Crippen LogP contribution in [0.4, 0.5) is 0 Å². The zero-order valence-electron chi connectivity index (χ0n) is 12.3. The molecule has 0 saturated heterocycles. The number of aryl methyl sites for hydroxylation is 3. The van der Waals surface area contributed by atoms with Crippen molar-refractivity contribution in [1.82, 2.24) is 19.9 Å². The van der Waals surface area contributed by atoms with Gasteiger partial charge in [-0.05, 0) is 26.2 Å². The van der Waals surface area contributed by atoms with E-state index < -0.39 is 17.2 Å². The number of thiazole rings is 1. The first-order chi connectivity index (χ1) is 10.5. The van der Waals surface area contributed by atoms with Crippen molar-refractivity contribution in [3.63, 3.8) is 0 Å². The van der Waals surface area contributed by atoms with Crippen molar-refractivity contribution in [2.45, 2.75) is 32.2 Å². The van der Waals surface area contributed by atoms with E-state index >= 15 is 0 Å². The lowest BCUT2D eigenvalue weighted by atomic mass is 9.97. The van der Waals surface area contributed by atoms with Gasteiger partial charge in [0.15, 0.2) is 0 Å². The van der Waals surface area contributed by atoms with Gasteiger partial charge in [0.05, 0.1) is 16.7 Å². The number of H-pyrrole nitrogens is 1. The lowest BCUT2D eigenvalue weighted by Gasteiger charge is -2.22. The minimum atomic E-state index is -0.675. The summed E-state index contributed by atoms with van der Waals surface area (Å²) in [5.74, 6) is -0.486. The Labute approximate surface area is 130 Å². The van der Waals surface area contributed by atoms with Gasteiger partial charge < -0.3 is 9.88 Å². The summed E-state index contributed by atoms with van der Waals surface area (Å²) in [7, 11) is 1.48. The highest BCUT2D eigenvalue weighted by Crippen LogP contribution is 2.33. The number of hydrogen-bond donors (Lipinski definition) is 2. The predicted octanol–water partition coefficient (Wildman–Crippen LogP) is 0.646. The van der Waals surface area contributed by atoms with E-state index in [0.717, 1.165) is 30.0 Å². The van der Waals surface area contributed by atoms with Crippen LogP contribution in [0.2, 0.25) is 0 Å². The highest BCUT2D eigenvalue weighted by atomic mass is 32.1. The lowest BCUT2D eigenvalue weighted by molar-refractivity contribution is 0.0929. The maximum absolute atomic E-state index is 12.3. The van der Waals surface area contributed by atoms with Gasteiger partial charge >= 0.3 is 5.69 Å². The third-order valence-corrected chi connectivity index (χ3v) is 4.77. The molecule has 7 nitrogen and oxygen atoms in total. The normalized spacial score (nSPS) is 17.1. The SMILES string of the molecule is Cc1nc2c(s1)CCCC2NC(=O)c1cn(C)c(=O)[nH]c1=O. The molecule has 0 spiro atoms. The van der Waals surface area contributed by atoms with Crippen molar-refractivity contribution < 1.29 is 4.79 Å². The summed E-state index contributed by atoms with van der Waals surface area (Å²) in [6.07, 6.45) is 4.01. The molecule has 3 rings (SSSR count). The average molecular weight is 320 g/mol. The van der Waals surface area contributed by atoms with Crippen molar-refractivity contribution in [3.05, 3.63) is 48.2 Å². The molecule has 8 heteroatoms. The molecule has 1 aliphatic carbocycles. The number of amides is 1. The molecule has 0 fully saturated rings. The Morgan fingerprint density at radius 1 is 1.50 bits per heavy atom. The number of hydrogen-bond acceptors (Lipinski definition) is 5. The van der Waals surface area contributed by atoms with E-state index in [9.17, 15) is 14.4 Å². The maximum atomic E-state index is 12.3. The summed E-state index contributed by atoms with van der Waals surface area (Å²) in [4.78, 5) is 43.3. The van der Waals surface area contributed by atoms with E-state index in [1.165, 1.54) is 22.7 Å². The van der Waals surface area contributed by atoms with Crippen LogP contribution >= 0.6 is 11.3 Å². The first kappa shape index (κ1) is 14.7. The average Bonchev–Trinajstić information content (AvgIpc) is 2.84. The van der Waals surface area contributed by atoms with Crippen LogP contribution in [0.15, 0.2) is 15.8 Å². The Hall–Kier alpha value is -2.22. The molecule has 1 aliphatic rings. The Balaban J connectivity index is 1.88. The highest BCUT2D eigenvalue weighted by Gasteiger charge is 2.26. The number of rotatable bonds is 2. The van der Waals surface area contributed by atoms with Crippen LogP contribution in [-0.4, -0.2) is 20.4 Å². The topological polar surface area (TPSA) is 96.8 Å². The summed E-state index contributed by atoms with van der Waals surface area (Å²) in [6.45, 7) is 1.94. The number of carbonyl (C=O) groups excluding carboxylic acids is 1. The Bertz CT molecular complexity index is 849. The number of carbonyl (C=O) groups is 1. The highest BCUT2D eigenvalue weighted by molar-refractivity contribution is 7.11. The van der Waals surface area contributed by atoms with E-state index in [4.69, 9.17) is 0 Å². The monoisotopic (exact) mass is 320 g/mol. The van der Waals surface area contributed by atoms with Gasteiger partial charge in [0.1, 0.15) is 5.56 Å². The summed E-state index contributed by atoms with van der Waals surface area (Å²) in [6, 6.07) is -0.183. The zero-order chi connectivity index (χ0) is 15.9. The van der Waals surface area contributed by atoms with Gasteiger partial charge in [0.25, 0.3) is 11.5 Å². The third kappa shape index (κ3) is 2.61. The van der Waals surface area contributed by atoms with Crippen molar-refractivity contribution in [1.29, 1.82) is 0 Å². The fourth-order valence-electron chi connectivity index (χ4n) is 2.64. The second-order valence-corrected chi connectivity index (χ2v) is 6.66. The summed E-state index contributed by atoms with van der Waals surface area (Å²) >= 11 is 1.65.